The lowest BCUT2D eigenvalue weighted by Gasteiger charge is -2.33. The van der Waals surface area contributed by atoms with E-state index in [0.717, 1.165) is 32.1 Å². The molecule has 0 spiro atoms. The second-order valence-electron chi connectivity index (χ2n) is 5.94. The molecule has 0 saturated carbocycles. The maximum absolute atomic E-state index is 12.8. The molecule has 2 rings (SSSR count). The Morgan fingerprint density at radius 2 is 1.96 bits per heavy atom. The smallest absolute Gasteiger partial charge is 0.243 e. The number of carbonyl (C=O) groups is 1. The Kier molecular flexibility index (Phi) is 6.59. The molecule has 1 aromatic rings. The van der Waals surface area contributed by atoms with Crippen molar-refractivity contribution >= 4 is 15.9 Å². The van der Waals surface area contributed by atoms with Crippen molar-refractivity contribution in [3.8, 4) is 0 Å². The summed E-state index contributed by atoms with van der Waals surface area (Å²) in [7, 11) is -3.62. The molecule has 0 aromatic heterocycles. The second kappa shape index (κ2) is 8.45. The predicted octanol–water partition coefficient (Wildman–Crippen LogP) is 2.54. The van der Waals surface area contributed by atoms with E-state index in [9.17, 15) is 13.2 Å². The van der Waals surface area contributed by atoms with Crippen LogP contribution in [0.1, 0.15) is 45.4 Å². The molecule has 1 atom stereocenters. The number of hydrogen-bond donors (Lipinski definition) is 1. The van der Waals surface area contributed by atoms with E-state index in [1.54, 1.807) is 30.3 Å². The van der Waals surface area contributed by atoms with E-state index < -0.39 is 16.1 Å². The van der Waals surface area contributed by atoms with Gasteiger partial charge in [-0.1, -0.05) is 44.4 Å². The van der Waals surface area contributed by atoms with Crippen LogP contribution in [0.2, 0.25) is 0 Å². The maximum Gasteiger partial charge on any atom is 0.243 e. The van der Waals surface area contributed by atoms with E-state index in [0.29, 0.717) is 19.5 Å². The summed E-state index contributed by atoms with van der Waals surface area (Å²) >= 11 is 0. The van der Waals surface area contributed by atoms with Crippen molar-refractivity contribution in [2.75, 3.05) is 13.1 Å². The van der Waals surface area contributed by atoms with Crippen molar-refractivity contribution in [3.63, 3.8) is 0 Å². The minimum Gasteiger partial charge on any atom is -0.355 e. The Labute approximate surface area is 139 Å². The lowest BCUT2D eigenvalue weighted by molar-refractivity contribution is -0.125. The highest BCUT2D eigenvalue weighted by Crippen LogP contribution is 2.25. The SMILES string of the molecule is CCCCCNC(=O)C1CCCCN1S(=O)(=O)c1ccccc1. The van der Waals surface area contributed by atoms with Gasteiger partial charge in [0.15, 0.2) is 0 Å². The highest BCUT2D eigenvalue weighted by Gasteiger charge is 2.37. The van der Waals surface area contributed by atoms with Crippen LogP contribution in [0.15, 0.2) is 35.2 Å². The van der Waals surface area contributed by atoms with Gasteiger partial charge in [-0.25, -0.2) is 8.42 Å². The molecule has 1 fully saturated rings. The number of nitrogens with one attached hydrogen (secondary N) is 1. The summed E-state index contributed by atoms with van der Waals surface area (Å²) in [5, 5.41) is 2.90. The number of unbranched alkanes of at least 4 members (excludes halogenated alkanes) is 2. The molecule has 1 heterocycles. The molecule has 1 unspecified atom stereocenters. The fourth-order valence-corrected chi connectivity index (χ4v) is 4.56. The number of benzene rings is 1. The monoisotopic (exact) mass is 338 g/mol. The summed E-state index contributed by atoms with van der Waals surface area (Å²) < 4.78 is 27.0. The molecular formula is C17H26N2O3S. The van der Waals surface area contributed by atoms with E-state index in [1.165, 1.54) is 4.31 Å². The number of amides is 1. The summed E-state index contributed by atoms with van der Waals surface area (Å²) in [6.45, 7) is 3.13. The molecule has 23 heavy (non-hydrogen) atoms. The Morgan fingerprint density at radius 3 is 2.65 bits per heavy atom. The first kappa shape index (κ1) is 17.9. The summed E-state index contributed by atoms with van der Waals surface area (Å²) in [6.07, 6.45) is 5.36. The van der Waals surface area contributed by atoms with Crippen LogP contribution in [0.5, 0.6) is 0 Å². The fraction of sp³-hybridized carbons (Fsp3) is 0.588. The van der Waals surface area contributed by atoms with Gasteiger partial charge in [0, 0.05) is 13.1 Å². The molecule has 1 amide bonds. The van der Waals surface area contributed by atoms with Crippen LogP contribution in [0, 0.1) is 0 Å². The second-order valence-corrected chi connectivity index (χ2v) is 7.83. The molecule has 1 aliphatic rings. The van der Waals surface area contributed by atoms with E-state index >= 15 is 0 Å². The van der Waals surface area contributed by atoms with Gasteiger partial charge in [-0.15, -0.1) is 0 Å². The first-order valence-electron chi connectivity index (χ1n) is 8.42. The summed E-state index contributed by atoms with van der Waals surface area (Å²) in [5.74, 6) is -0.166. The topological polar surface area (TPSA) is 66.5 Å². The number of rotatable bonds is 7. The van der Waals surface area contributed by atoms with Crippen molar-refractivity contribution < 1.29 is 13.2 Å². The Balaban J connectivity index is 2.10. The van der Waals surface area contributed by atoms with Gasteiger partial charge < -0.3 is 5.32 Å². The van der Waals surface area contributed by atoms with Gasteiger partial charge in [-0.2, -0.15) is 4.31 Å². The number of hydrogen-bond acceptors (Lipinski definition) is 3. The van der Waals surface area contributed by atoms with Gasteiger partial charge in [0.25, 0.3) is 0 Å². The van der Waals surface area contributed by atoms with E-state index in [1.807, 2.05) is 0 Å². The molecule has 128 valence electrons. The summed E-state index contributed by atoms with van der Waals surface area (Å²) in [4.78, 5) is 12.7. The standard InChI is InChI=1S/C17H26N2O3S/c1-2-3-8-13-18-17(20)16-12-7-9-14-19(16)23(21,22)15-10-5-4-6-11-15/h4-6,10-11,16H,2-3,7-9,12-14H2,1H3,(H,18,20). The van der Waals surface area contributed by atoms with Gasteiger partial charge in [0.2, 0.25) is 15.9 Å². The Morgan fingerprint density at radius 1 is 1.22 bits per heavy atom. The molecule has 5 nitrogen and oxygen atoms in total. The molecular weight excluding hydrogens is 312 g/mol. The zero-order chi connectivity index (χ0) is 16.7. The van der Waals surface area contributed by atoms with Gasteiger partial charge in [-0.05, 0) is 31.4 Å². The molecule has 1 aromatic carbocycles. The molecule has 0 radical (unpaired) electrons. The number of nitrogens with zero attached hydrogens (tertiary/aromatic N) is 1. The van der Waals surface area contributed by atoms with Crippen LogP contribution < -0.4 is 5.32 Å². The van der Waals surface area contributed by atoms with Crippen LogP contribution in [-0.2, 0) is 14.8 Å². The third-order valence-electron chi connectivity index (χ3n) is 4.19. The number of carbonyl (C=O) groups excluding carboxylic acids is 1. The van der Waals surface area contributed by atoms with Crippen LogP contribution in [0.4, 0.5) is 0 Å². The van der Waals surface area contributed by atoms with E-state index in [2.05, 4.69) is 12.2 Å². The Bertz CT molecular complexity index is 602. The quantitative estimate of drug-likeness (QED) is 0.777. The Hall–Kier alpha value is -1.40. The molecule has 6 heteroatoms. The highest BCUT2D eigenvalue weighted by molar-refractivity contribution is 7.89. The van der Waals surface area contributed by atoms with Crippen molar-refractivity contribution in [1.82, 2.24) is 9.62 Å². The van der Waals surface area contributed by atoms with E-state index in [-0.39, 0.29) is 10.8 Å². The van der Waals surface area contributed by atoms with Crippen molar-refractivity contribution in [1.29, 1.82) is 0 Å². The molecule has 1 saturated heterocycles. The van der Waals surface area contributed by atoms with Crippen LogP contribution in [0.25, 0.3) is 0 Å². The normalized spacial score (nSPS) is 19.4. The zero-order valence-electron chi connectivity index (χ0n) is 13.7. The zero-order valence-corrected chi connectivity index (χ0v) is 14.5. The largest absolute Gasteiger partial charge is 0.355 e. The predicted molar refractivity (Wildman–Crippen MR) is 90.5 cm³/mol. The lowest BCUT2D eigenvalue weighted by atomic mass is 10.0. The van der Waals surface area contributed by atoms with Crippen LogP contribution in [-0.4, -0.2) is 37.8 Å². The molecule has 0 bridgehead atoms. The summed E-state index contributed by atoms with van der Waals surface area (Å²) in [5.41, 5.74) is 0. The fourth-order valence-electron chi connectivity index (χ4n) is 2.89. The lowest BCUT2D eigenvalue weighted by Crippen LogP contribution is -2.51. The highest BCUT2D eigenvalue weighted by atomic mass is 32.2. The third-order valence-corrected chi connectivity index (χ3v) is 6.11. The van der Waals surface area contributed by atoms with Crippen LogP contribution in [0.3, 0.4) is 0 Å². The maximum atomic E-state index is 12.8. The van der Waals surface area contributed by atoms with Gasteiger partial charge in [0.05, 0.1) is 4.90 Å². The van der Waals surface area contributed by atoms with Crippen LogP contribution >= 0.6 is 0 Å². The summed E-state index contributed by atoms with van der Waals surface area (Å²) in [6, 6.07) is 7.77. The first-order chi connectivity index (χ1) is 11.1. The van der Waals surface area contributed by atoms with Gasteiger partial charge in [0.1, 0.15) is 6.04 Å². The molecule has 1 N–H and O–H groups in total. The van der Waals surface area contributed by atoms with Gasteiger partial charge in [-0.3, -0.25) is 4.79 Å². The van der Waals surface area contributed by atoms with Gasteiger partial charge >= 0.3 is 0 Å². The van der Waals surface area contributed by atoms with Crippen molar-refractivity contribution in [2.24, 2.45) is 0 Å². The average Bonchev–Trinajstić information content (AvgIpc) is 2.59. The molecule has 0 aliphatic carbocycles. The van der Waals surface area contributed by atoms with Crippen molar-refractivity contribution in [2.45, 2.75) is 56.4 Å². The first-order valence-corrected chi connectivity index (χ1v) is 9.86. The number of sulfonamides is 1. The number of piperidine rings is 1. The van der Waals surface area contributed by atoms with E-state index in [4.69, 9.17) is 0 Å². The third kappa shape index (κ3) is 4.54. The molecule has 1 aliphatic heterocycles. The minimum atomic E-state index is -3.62. The average molecular weight is 338 g/mol. The minimum absolute atomic E-state index is 0.166. The van der Waals surface area contributed by atoms with Crippen molar-refractivity contribution in [3.05, 3.63) is 30.3 Å².